The van der Waals surface area contributed by atoms with Gasteiger partial charge in [0, 0.05) is 29.7 Å². The van der Waals surface area contributed by atoms with Crippen LogP contribution in [0.3, 0.4) is 0 Å². The summed E-state index contributed by atoms with van der Waals surface area (Å²) in [5.74, 6) is 0. The van der Waals surface area contributed by atoms with Gasteiger partial charge in [-0.15, -0.1) is 0 Å². The zero-order chi connectivity index (χ0) is 27.4. The number of piperidine rings is 1. The highest BCUT2D eigenvalue weighted by Gasteiger charge is 2.41. The molecule has 1 fully saturated rings. The Labute approximate surface area is 223 Å². The van der Waals surface area contributed by atoms with Crippen molar-refractivity contribution < 1.29 is 32.6 Å². The fourth-order valence-electron chi connectivity index (χ4n) is 5.20. The van der Waals surface area contributed by atoms with Gasteiger partial charge in [0.25, 0.3) is 6.01 Å². The molecule has 1 aliphatic rings. The van der Waals surface area contributed by atoms with E-state index in [1.165, 1.54) is 17.2 Å². The summed E-state index contributed by atoms with van der Waals surface area (Å²) in [4.78, 5) is 19.9. The topological polar surface area (TPSA) is 90.0 Å². The van der Waals surface area contributed by atoms with Gasteiger partial charge in [-0.25, -0.2) is 4.79 Å². The van der Waals surface area contributed by atoms with E-state index in [9.17, 15) is 28.2 Å². The average molecular weight is 552 g/mol. The van der Waals surface area contributed by atoms with Crippen molar-refractivity contribution in [1.29, 1.82) is 0 Å². The van der Waals surface area contributed by atoms with Crippen LogP contribution >= 0.6 is 11.6 Å². The van der Waals surface area contributed by atoms with Crippen molar-refractivity contribution in [2.75, 3.05) is 4.90 Å². The van der Waals surface area contributed by atoms with E-state index in [1.807, 2.05) is 37.3 Å². The minimum absolute atomic E-state index is 0.00124. The molecule has 3 atom stereocenters. The predicted molar refractivity (Wildman–Crippen MR) is 136 cm³/mol. The number of aromatic nitrogens is 1. The Hall–Kier alpha value is -3.24. The highest BCUT2D eigenvalue weighted by atomic mass is 35.5. The zero-order valence-corrected chi connectivity index (χ0v) is 21.5. The fraction of sp³-hybridized carbons (Fsp3) is 0.407. The third-order valence-corrected chi connectivity index (χ3v) is 7.13. The van der Waals surface area contributed by atoms with Gasteiger partial charge in [0.1, 0.15) is 12.0 Å². The Bertz CT molecular complexity index is 1240. The van der Waals surface area contributed by atoms with E-state index >= 15 is 0 Å². The smallest absolute Gasteiger partial charge is 0.416 e. The van der Waals surface area contributed by atoms with Gasteiger partial charge in [-0.1, -0.05) is 48.9 Å². The summed E-state index contributed by atoms with van der Waals surface area (Å²) in [6, 6.07) is 12.1. The molecule has 3 unspecified atom stereocenters. The van der Waals surface area contributed by atoms with Crippen LogP contribution in [0.1, 0.15) is 48.6 Å². The van der Waals surface area contributed by atoms with Crippen LogP contribution in [-0.4, -0.2) is 44.3 Å². The number of aliphatic hydroxyl groups excluding tert-OH is 1. The van der Waals surface area contributed by atoms with Crippen molar-refractivity contribution in [2.45, 2.75) is 70.1 Å². The Kier molecular flexibility index (Phi) is 8.52. The lowest BCUT2D eigenvalue weighted by Crippen LogP contribution is -2.57. The predicted octanol–water partition coefficient (Wildman–Crippen LogP) is 6.38. The average Bonchev–Trinajstić information content (AvgIpc) is 3.35. The second-order valence-electron chi connectivity index (χ2n) is 9.47. The molecule has 2 heterocycles. The molecule has 2 N–H and O–H groups in total. The highest BCUT2D eigenvalue weighted by Crippen LogP contribution is 2.36. The van der Waals surface area contributed by atoms with E-state index < -0.39 is 17.8 Å². The molecule has 1 aliphatic heterocycles. The van der Waals surface area contributed by atoms with Crippen molar-refractivity contribution >= 4 is 23.7 Å². The van der Waals surface area contributed by atoms with Gasteiger partial charge < -0.3 is 24.4 Å². The molecular weight excluding hydrogens is 523 g/mol. The maximum atomic E-state index is 13.5. The number of aliphatic hydroxyl groups is 1. The molecule has 0 radical (unpaired) electrons. The summed E-state index contributed by atoms with van der Waals surface area (Å²) >= 11 is 6.05. The molecule has 4 rings (SSSR count). The van der Waals surface area contributed by atoms with E-state index in [1.54, 1.807) is 4.90 Å². The molecule has 7 nitrogen and oxygen atoms in total. The maximum absolute atomic E-state index is 13.5. The number of likely N-dealkylation sites (tertiary alicyclic amines) is 1. The monoisotopic (exact) mass is 551 g/mol. The van der Waals surface area contributed by atoms with E-state index in [2.05, 4.69) is 4.98 Å². The number of rotatable bonds is 8. The number of nitrogens with zero attached hydrogens (tertiary/aromatic N) is 3. The highest BCUT2D eigenvalue weighted by molar-refractivity contribution is 6.30. The number of carbonyl (C=O) groups is 1. The van der Waals surface area contributed by atoms with Gasteiger partial charge in [0.15, 0.2) is 0 Å². The van der Waals surface area contributed by atoms with Gasteiger partial charge >= 0.3 is 12.3 Å². The summed E-state index contributed by atoms with van der Waals surface area (Å²) in [7, 11) is 0. The number of hydrogen-bond acceptors (Lipinski definition) is 5. The number of oxazole rings is 1. The largest absolute Gasteiger partial charge is 0.465 e. The first-order valence-electron chi connectivity index (χ1n) is 12.3. The Morgan fingerprint density at radius 3 is 2.47 bits per heavy atom. The number of benzene rings is 2. The van der Waals surface area contributed by atoms with E-state index in [-0.39, 0.29) is 48.0 Å². The molecule has 0 aliphatic carbocycles. The fourth-order valence-corrected chi connectivity index (χ4v) is 5.46. The number of alkyl halides is 3. The second-order valence-corrected chi connectivity index (χ2v) is 9.91. The Morgan fingerprint density at radius 1 is 1.16 bits per heavy atom. The first-order chi connectivity index (χ1) is 18.1. The van der Waals surface area contributed by atoms with Gasteiger partial charge in [-0.3, -0.25) is 0 Å². The third kappa shape index (κ3) is 6.42. The van der Waals surface area contributed by atoms with Crippen molar-refractivity contribution in [3.63, 3.8) is 0 Å². The van der Waals surface area contributed by atoms with Crippen LogP contribution in [0.15, 0.2) is 59.2 Å². The summed E-state index contributed by atoms with van der Waals surface area (Å²) in [5.41, 5.74) is 0.705. The molecular formula is C27H29ClF3N3O4. The molecule has 1 saturated heterocycles. The summed E-state index contributed by atoms with van der Waals surface area (Å²) in [6.07, 6.45) is -2.41. The normalized spacial score (nSPS) is 19.9. The zero-order valence-electron chi connectivity index (χ0n) is 20.7. The number of carboxylic acid groups (broad SMARTS) is 1. The lowest BCUT2D eigenvalue weighted by atomic mass is 9.86. The quantitative estimate of drug-likeness (QED) is 0.338. The van der Waals surface area contributed by atoms with E-state index in [0.717, 1.165) is 17.7 Å². The van der Waals surface area contributed by atoms with E-state index in [4.69, 9.17) is 16.0 Å². The first kappa shape index (κ1) is 27.8. The molecule has 1 aromatic heterocycles. The lowest BCUT2D eigenvalue weighted by Gasteiger charge is -2.46. The third-order valence-electron chi connectivity index (χ3n) is 6.91. The van der Waals surface area contributed by atoms with Gasteiger partial charge in [-0.2, -0.15) is 18.2 Å². The molecule has 3 aromatic rings. The molecule has 204 valence electrons. The number of anilines is 1. The maximum Gasteiger partial charge on any atom is 0.416 e. The second kappa shape index (κ2) is 11.7. The number of halogens is 4. The number of hydrogen-bond donors (Lipinski definition) is 2. The van der Waals surface area contributed by atoms with Crippen molar-refractivity contribution in [1.82, 2.24) is 9.88 Å². The van der Waals surface area contributed by atoms with E-state index in [0.29, 0.717) is 31.2 Å². The van der Waals surface area contributed by atoms with Crippen LogP contribution in [0.4, 0.5) is 24.0 Å². The SMILES string of the molecule is CCC1CC(N(Cc2cc(Cl)cc(C(F)(F)F)c2)c2nc(CO)co2)CC(Cc2ccccc2)N1C(=O)O. The van der Waals surface area contributed by atoms with Crippen LogP contribution < -0.4 is 4.90 Å². The molecule has 0 saturated carbocycles. The minimum atomic E-state index is -4.57. The molecule has 2 aromatic carbocycles. The summed E-state index contributed by atoms with van der Waals surface area (Å²) in [6.45, 7) is 1.55. The molecule has 11 heteroatoms. The summed E-state index contributed by atoms with van der Waals surface area (Å²) in [5, 5.41) is 19.5. The van der Waals surface area contributed by atoms with Crippen molar-refractivity contribution in [3.05, 3.63) is 82.2 Å². The van der Waals surface area contributed by atoms with Crippen LogP contribution in [-0.2, 0) is 25.7 Å². The van der Waals surface area contributed by atoms with Crippen LogP contribution in [0.2, 0.25) is 5.02 Å². The molecule has 0 bridgehead atoms. The van der Waals surface area contributed by atoms with Gasteiger partial charge in [0.05, 0.1) is 12.2 Å². The van der Waals surface area contributed by atoms with Crippen LogP contribution in [0.5, 0.6) is 0 Å². The van der Waals surface area contributed by atoms with Crippen LogP contribution in [0.25, 0.3) is 0 Å². The molecule has 38 heavy (non-hydrogen) atoms. The minimum Gasteiger partial charge on any atom is -0.465 e. The van der Waals surface area contributed by atoms with Gasteiger partial charge in [0.2, 0.25) is 0 Å². The van der Waals surface area contributed by atoms with Crippen LogP contribution in [0, 0.1) is 0 Å². The molecule has 1 amide bonds. The first-order valence-corrected chi connectivity index (χ1v) is 12.7. The summed E-state index contributed by atoms with van der Waals surface area (Å²) < 4.78 is 46.1. The van der Waals surface area contributed by atoms with Gasteiger partial charge in [-0.05, 0) is 55.0 Å². The van der Waals surface area contributed by atoms with Crippen molar-refractivity contribution in [3.8, 4) is 0 Å². The molecule has 0 spiro atoms. The Morgan fingerprint density at radius 2 is 1.87 bits per heavy atom. The lowest BCUT2D eigenvalue weighted by molar-refractivity contribution is -0.137. The Balaban J connectivity index is 1.72. The standard InChI is InChI=1S/C27H29ClF3N3O4/c1-2-22-12-23(13-24(34(22)26(36)37)10-17-6-4-3-5-7-17)33(25-32-21(15-35)16-38-25)14-18-8-19(27(29,30)31)11-20(28)9-18/h3-9,11,16,22-24,35H,2,10,12-15H2,1H3,(H,36,37). The number of amides is 1. The van der Waals surface area contributed by atoms with Crippen molar-refractivity contribution in [2.24, 2.45) is 0 Å².